The molecule has 4 rings (SSSR count). The molecule has 1 aliphatic rings. The number of aromatic amines is 1. The second kappa shape index (κ2) is 5.87. The van der Waals surface area contributed by atoms with Crippen LogP contribution in [0, 0.1) is 0 Å². The summed E-state index contributed by atoms with van der Waals surface area (Å²) in [5.74, 6) is -0.285. The number of halogens is 3. The Kier molecular flexibility index (Phi) is 3.78. The van der Waals surface area contributed by atoms with E-state index in [9.17, 15) is 18.0 Å². The molecule has 6 nitrogen and oxygen atoms in total. The van der Waals surface area contributed by atoms with E-state index in [1.165, 1.54) is 17.4 Å². The van der Waals surface area contributed by atoms with Crippen LogP contribution in [-0.2, 0) is 6.18 Å². The number of nitrogens with zero attached hydrogens (tertiary/aromatic N) is 3. The van der Waals surface area contributed by atoms with Crippen LogP contribution in [0.1, 0.15) is 30.2 Å². The summed E-state index contributed by atoms with van der Waals surface area (Å²) in [4.78, 5) is 17.5. The number of thiazole rings is 1. The zero-order valence-electron chi connectivity index (χ0n) is 12.8. The molecule has 1 fully saturated rings. The van der Waals surface area contributed by atoms with Crippen molar-refractivity contribution in [3.8, 4) is 0 Å². The molecule has 0 bridgehead atoms. The number of anilines is 1. The molecule has 1 aliphatic heterocycles. The van der Waals surface area contributed by atoms with Gasteiger partial charge in [0, 0.05) is 13.1 Å². The first kappa shape index (κ1) is 16.1. The van der Waals surface area contributed by atoms with E-state index >= 15 is 0 Å². The van der Waals surface area contributed by atoms with E-state index in [0.717, 1.165) is 31.5 Å². The number of piperidine rings is 1. The molecule has 1 aromatic carbocycles. The first-order chi connectivity index (χ1) is 11.9. The molecule has 0 saturated carbocycles. The Balaban J connectivity index is 1.61. The van der Waals surface area contributed by atoms with Crippen molar-refractivity contribution in [3.05, 3.63) is 40.2 Å². The van der Waals surface area contributed by atoms with E-state index < -0.39 is 17.5 Å². The Hall–Kier alpha value is -2.36. The quantitative estimate of drug-likeness (QED) is 0.749. The van der Waals surface area contributed by atoms with Crippen molar-refractivity contribution in [1.29, 1.82) is 0 Å². The molecule has 1 N–H and O–H groups in total. The normalized spacial score (nSPS) is 18.8. The maximum Gasteiger partial charge on any atom is 0.434 e. The second-order valence-corrected chi connectivity index (χ2v) is 6.92. The van der Waals surface area contributed by atoms with Crippen molar-refractivity contribution >= 4 is 26.7 Å². The van der Waals surface area contributed by atoms with Gasteiger partial charge in [-0.15, -0.1) is 5.10 Å². The SMILES string of the molecule is O=c1[nH]nc([C@H]2CCCN(c3nc4cc(C(F)(F)F)ccc4s3)C2)o1. The zero-order valence-corrected chi connectivity index (χ0v) is 13.7. The third-order valence-corrected chi connectivity index (χ3v) is 5.30. The Morgan fingerprint density at radius 1 is 1.36 bits per heavy atom. The molecule has 3 aromatic rings. The number of alkyl halides is 3. The zero-order chi connectivity index (χ0) is 17.6. The average Bonchev–Trinajstić information content (AvgIpc) is 3.19. The monoisotopic (exact) mass is 370 g/mol. The van der Waals surface area contributed by atoms with Gasteiger partial charge in [-0.1, -0.05) is 11.3 Å². The standard InChI is InChI=1S/C15H13F3N4O2S/c16-15(17,18)9-3-4-11-10(6-9)19-13(25-11)22-5-1-2-8(7-22)12-20-21-14(23)24-12/h3-4,6,8H,1-2,5,7H2,(H,21,23)/t8-/m0/s1. The number of rotatable bonds is 2. The Morgan fingerprint density at radius 2 is 2.20 bits per heavy atom. The first-order valence-electron chi connectivity index (χ1n) is 7.68. The fourth-order valence-electron chi connectivity index (χ4n) is 3.00. The van der Waals surface area contributed by atoms with Crippen molar-refractivity contribution in [1.82, 2.24) is 15.2 Å². The molecular formula is C15H13F3N4O2S. The molecule has 0 spiro atoms. The molecule has 1 saturated heterocycles. The highest BCUT2D eigenvalue weighted by molar-refractivity contribution is 7.22. The van der Waals surface area contributed by atoms with Gasteiger partial charge in [-0.25, -0.2) is 14.9 Å². The molecule has 25 heavy (non-hydrogen) atoms. The van der Waals surface area contributed by atoms with Gasteiger partial charge in [0.25, 0.3) is 0 Å². The minimum Gasteiger partial charge on any atom is -0.392 e. The number of benzene rings is 1. The maximum absolute atomic E-state index is 12.8. The van der Waals surface area contributed by atoms with Gasteiger partial charge in [0.05, 0.1) is 21.7 Å². The molecule has 3 heterocycles. The van der Waals surface area contributed by atoms with Crippen LogP contribution in [0.15, 0.2) is 27.4 Å². The lowest BCUT2D eigenvalue weighted by Gasteiger charge is -2.30. The number of hydrogen-bond acceptors (Lipinski definition) is 6. The Labute approximate surface area is 143 Å². The summed E-state index contributed by atoms with van der Waals surface area (Å²) in [6.07, 6.45) is -2.70. The molecular weight excluding hydrogens is 357 g/mol. The van der Waals surface area contributed by atoms with Gasteiger partial charge in [0.15, 0.2) is 5.13 Å². The van der Waals surface area contributed by atoms with Crippen molar-refractivity contribution in [2.45, 2.75) is 24.9 Å². The number of aromatic nitrogens is 3. The van der Waals surface area contributed by atoms with Crippen LogP contribution in [0.4, 0.5) is 18.3 Å². The fraction of sp³-hybridized carbons (Fsp3) is 0.400. The Bertz CT molecular complexity index is 961. The fourth-order valence-corrected chi connectivity index (χ4v) is 3.98. The molecule has 132 valence electrons. The molecule has 2 aromatic heterocycles. The minimum absolute atomic E-state index is 0.0505. The lowest BCUT2D eigenvalue weighted by atomic mass is 9.98. The molecule has 0 aliphatic carbocycles. The maximum atomic E-state index is 12.8. The van der Waals surface area contributed by atoms with Crippen molar-refractivity contribution in [2.75, 3.05) is 18.0 Å². The highest BCUT2D eigenvalue weighted by Crippen LogP contribution is 2.36. The van der Waals surface area contributed by atoms with E-state index in [0.29, 0.717) is 27.8 Å². The lowest BCUT2D eigenvalue weighted by molar-refractivity contribution is -0.137. The van der Waals surface area contributed by atoms with Crippen molar-refractivity contribution < 1.29 is 17.6 Å². The van der Waals surface area contributed by atoms with Gasteiger partial charge in [-0.2, -0.15) is 13.2 Å². The summed E-state index contributed by atoms with van der Waals surface area (Å²) in [6, 6.07) is 3.60. The number of H-pyrrole nitrogens is 1. The predicted octanol–water partition coefficient (Wildman–Crippen LogP) is 3.38. The smallest absolute Gasteiger partial charge is 0.392 e. The topological polar surface area (TPSA) is 75.0 Å². The lowest BCUT2D eigenvalue weighted by Crippen LogP contribution is -2.34. The van der Waals surface area contributed by atoms with Crippen LogP contribution in [0.2, 0.25) is 0 Å². The summed E-state index contributed by atoms with van der Waals surface area (Å²) in [5.41, 5.74) is -0.366. The molecule has 1 atom stereocenters. The molecule has 10 heteroatoms. The largest absolute Gasteiger partial charge is 0.434 e. The van der Waals surface area contributed by atoms with Gasteiger partial charge >= 0.3 is 11.9 Å². The highest BCUT2D eigenvalue weighted by Gasteiger charge is 2.31. The molecule has 0 amide bonds. The van der Waals surface area contributed by atoms with Crippen molar-refractivity contribution in [2.24, 2.45) is 0 Å². The van der Waals surface area contributed by atoms with E-state index in [4.69, 9.17) is 4.42 Å². The number of nitrogens with one attached hydrogen (secondary N) is 1. The predicted molar refractivity (Wildman–Crippen MR) is 85.9 cm³/mol. The van der Waals surface area contributed by atoms with Gasteiger partial charge < -0.3 is 9.32 Å². The van der Waals surface area contributed by atoms with Crippen molar-refractivity contribution in [3.63, 3.8) is 0 Å². The van der Waals surface area contributed by atoms with Crippen LogP contribution in [0.3, 0.4) is 0 Å². The second-order valence-electron chi connectivity index (χ2n) is 5.91. The minimum atomic E-state index is -4.38. The first-order valence-corrected chi connectivity index (χ1v) is 8.50. The van der Waals surface area contributed by atoms with Crippen LogP contribution in [-0.4, -0.2) is 28.3 Å². The molecule has 0 unspecified atom stereocenters. The summed E-state index contributed by atoms with van der Waals surface area (Å²) >= 11 is 1.35. The summed E-state index contributed by atoms with van der Waals surface area (Å²) in [6.45, 7) is 1.30. The molecule has 0 radical (unpaired) electrons. The van der Waals surface area contributed by atoms with Crippen LogP contribution in [0.5, 0.6) is 0 Å². The highest BCUT2D eigenvalue weighted by atomic mass is 32.1. The third kappa shape index (κ3) is 3.13. The summed E-state index contributed by atoms with van der Waals surface area (Å²) in [5, 5.41) is 6.79. The van der Waals surface area contributed by atoms with Gasteiger partial charge in [-0.3, -0.25) is 0 Å². The number of hydrogen-bond donors (Lipinski definition) is 1. The van der Waals surface area contributed by atoms with Crippen LogP contribution < -0.4 is 10.7 Å². The third-order valence-electron chi connectivity index (χ3n) is 4.20. The van der Waals surface area contributed by atoms with Gasteiger partial charge in [0.1, 0.15) is 0 Å². The van der Waals surface area contributed by atoms with Crippen LogP contribution in [0.25, 0.3) is 10.2 Å². The van der Waals surface area contributed by atoms with E-state index in [2.05, 4.69) is 15.2 Å². The van der Waals surface area contributed by atoms with E-state index in [1.54, 1.807) is 0 Å². The van der Waals surface area contributed by atoms with E-state index in [1.807, 2.05) is 4.90 Å². The van der Waals surface area contributed by atoms with Gasteiger partial charge in [0.2, 0.25) is 5.89 Å². The summed E-state index contributed by atoms with van der Waals surface area (Å²) < 4.78 is 44.2. The van der Waals surface area contributed by atoms with Gasteiger partial charge in [-0.05, 0) is 31.0 Å². The van der Waals surface area contributed by atoms with E-state index in [-0.39, 0.29) is 5.92 Å². The van der Waals surface area contributed by atoms with Crippen LogP contribution >= 0.6 is 11.3 Å². The average molecular weight is 370 g/mol. The Morgan fingerprint density at radius 3 is 2.92 bits per heavy atom. The summed E-state index contributed by atoms with van der Waals surface area (Å²) in [7, 11) is 0. The number of fused-ring (bicyclic) bond motifs is 1.